The number of hydrogen-bond donors (Lipinski definition) is 5. The SMILES string of the molecule is NC(N)=NCCCC[C@H](N)C(=O)N(C(=O)OCc1ccccc1)[C@@H](CCCCN=C(N)N)C(=O)C(=O)OCc1ccccc1. The van der Waals surface area contributed by atoms with Crippen molar-refractivity contribution in [2.24, 2.45) is 38.7 Å². The van der Waals surface area contributed by atoms with Gasteiger partial charge in [-0.3, -0.25) is 19.6 Å². The van der Waals surface area contributed by atoms with Crippen molar-refractivity contribution in [3.05, 3.63) is 71.8 Å². The zero-order valence-corrected chi connectivity index (χ0v) is 24.7. The molecule has 10 N–H and O–H groups in total. The smallest absolute Gasteiger partial charge is 0.417 e. The molecular formula is C30H42N8O6. The van der Waals surface area contributed by atoms with E-state index in [1.807, 2.05) is 0 Å². The predicted molar refractivity (Wildman–Crippen MR) is 166 cm³/mol. The van der Waals surface area contributed by atoms with Gasteiger partial charge in [-0.15, -0.1) is 0 Å². The van der Waals surface area contributed by atoms with Crippen molar-refractivity contribution in [2.45, 2.75) is 63.8 Å². The number of imide groups is 1. The first-order chi connectivity index (χ1) is 21.1. The summed E-state index contributed by atoms with van der Waals surface area (Å²) in [5.41, 5.74) is 29.0. The standard InChI is InChI=1S/C30H42N8O6/c31-23(15-7-9-17-36-28(32)33)26(40)38(30(42)44-20-22-13-5-2-6-14-22)24(16-8-10-18-37-29(34)35)25(39)27(41)43-19-21-11-3-1-4-12-21/h1-6,11-14,23-24H,7-10,15-20,31H2,(H4,32,33,36)(H4,34,35,37)/t23-,24-/m0/s1. The average molecular weight is 611 g/mol. The molecule has 0 saturated heterocycles. The van der Waals surface area contributed by atoms with Gasteiger partial charge >= 0.3 is 12.1 Å². The van der Waals surface area contributed by atoms with Crippen molar-refractivity contribution in [3.8, 4) is 0 Å². The molecule has 14 heteroatoms. The van der Waals surface area contributed by atoms with Crippen LogP contribution in [0.4, 0.5) is 4.79 Å². The first-order valence-electron chi connectivity index (χ1n) is 14.2. The summed E-state index contributed by atoms with van der Waals surface area (Å²) in [5, 5.41) is 0. The fourth-order valence-corrected chi connectivity index (χ4v) is 4.11. The van der Waals surface area contributed by atoms with E-state index in [1.54, 1.807) is 60.7 Å². The van der Waals surface area contributed by atoms with Gasteiger partial charge in [0.2, 0.25) is 5.91 Å². The van der Waals surface area contributed by atoms with Crippen LogP contribution in [0.1, 0.15) is 49.7 Å². The minimum Gasteiger partial charge on any atom is -0.455 e. The van der Waals surface area contributed by atoms with Crippen LogP contribution >= 0.6 is 0 Å². The van der Waals surface area contributed by atoms with E-state index < -0.39 is 35.8 Å². The Morgan fingerprint density at radius 1 is 0.682 bits per heavy atom. The zero-order chi connectivity index (χ0) is 32.3. The number of esters is 1. The molecule has 0 heterocycles. The zero-order valence-electron chi connectivity index (χ0n) is 24.7. The second-order valence-corrected chi connectivity index (χ2v) is 9.90. The van der Waals surface area contributed by atoms with Crippen LogP contribution in [0.3, 0.4) is 0 Å². The van der Waals surface area contributed by atoms with Gasteiger partial charge in [0.25, 0.3) is 5.78 Å². The van der Waals surface area contributed by atoms with Crippen molar-refractivity contribution in [1.82, 2.24) is 4.90 Å². The molecular weight excluding hydrogens is 568 g/mol. The van der Waals surface area contributed by atoms with Gasteiger partial charge in [0, 0.05) is 13.1 Å². The molecule has 14 nitrogen and oxygen atoms in total. The van der Waals surface area contributed by atoms with Gasteiger partial charge in [0.1, 0.15) is 19.3 Å². The lowest BCUT2D eigenvalue weighted by Crippen LogP contribution is -2.55. The second-order valence-electron chi connectivity index (χ2n) is 9.90. The van der Waals surface area contributed by atoms with Gasteiger partial charge < -0.3 is 38.1 Å². The molecule has 0 saturated carbocycles. The number of carbonyl (C=O) groups excluding carboxylic acids is 4. The van der Waals surface area contributed by atoms with Crippen LogP contribution in [0.15, 0.2) is 70.6 Å². The summed E-state index contributed by atoms with van der Waals surface area (Å²) >= 11 is 0. The third-order valence-electron chi connectivity index (χ3n) is 6.38. The fraction of sp³-hybridized carbons (Fsp3) is 0.400. The maximum atomic E-state index is 13.7. The second kappa shape index (κ2) is 19.3. The molecule has 2 atom stereocenters. The van der Waals surface area contributed by atoms with E-state index in [-0.39, 0.29) is 50.9 Å². The Bertz CT molecular complexity index is 1260. The Morgan fingerprint density at radius 3 is 1.66 bits per heavy atom. The van der Waals surface area contributed by atoms with E-state index in [0.29, 0.717) is 41.8 Å². The fourth-order valence-electron chi connectivity index (χ4n) is 4.11. The lowest BCUT2D eigenvalue weighted by molar-refractivity contribution is -0.158. The molecule has 2 aromatic rings. The van der Waals surface area contributed by atoms with Crippen molar-refractivity contribution in [3.63, 3.8) is 0 Å². The predicted octanol–water partition coefficient (Wildman–Crippen LogP) is 1.05. The third kappa shape index (κ3) is 12.9. The molecule has 0 aliphatic carbocycles. The van der Waals surface area contributed by atoms with Crippen molar-refractivity contribution >= 4 is 35.7 Å². The number of ketones is 1. The molecule has 2 aromatic carbocycles. The van der Waals surface area contributed by atoms with Crippen LogP contribution in [0.2, 0.25) is 0 Å². The van der Waals surface area contributed by atoms with Gasteiger partial charge in [-0.1, -0.05) is 60.7 Å². The molecule has 238 valence electrons. The number of hydrogen-bond acceptors (Lipinski definition) is 9. The molecule has 0 radical (unpaired) electrons. The van der Waals surface area contributed by atoms with E-state index >= 15 is 0 Å². The van der Waals surface area contributed by atoms with Gasteiger partial charge in [-0.25, -0.2) is 14.5 Å². The minimum atomic E-state index is -1.54. The van der Waals surface area contributed by atoms with Gasteiger partial charge in [-0.2, -0.15) is 0 Å². The van der Waals surface area contributed by atoms with E-state index in [0.717, 1.165) is 0 Å². The van der Waals surface area contributed by atoms with E-state index in [4.69, 9.17) is 38.1 Å². The molecule has 2 amide bonds. The number of ether oxygens (including phenoxy) is 2. The Morgan fingerprint density at radius 2 is 1.16 bits per heavy atom. The summed E-state index contributed by atoms with van der Waals surface area (Å²) in [6.07, 6.45) is 0.617. The Labute approximate surface area is 256 Å². The number of rotatable bonds is 18. The highest BCUT2D eigenvalue weighted by Crippen LogP contribution is 2.18. The van der Waals surface area contributed by atoms with Crippen LogP contribution in [0.25, 0.3) is 0 Å². The largest absolute Gasteiger partial charge is 0.455 e. The lowest BCUT2D eigenvalue weighted by atomic mass is 10.0. The summed E-state index contributed by atoms with van der Waals surface area (Å²) in [6, 6.07) is 14.8. The topological polar surface area (TPSA) is 245 Å². The molecule has 0 aromatic heterocycles. The van der Waals surface area contributed by atoms with Crippen LogP contribution in [0.5, 0.6) is 0 Å². The monoisotopic (exact) mass is 610 g/mol. The molecule has 0 spiro atoms. The summed E-state index contributed by atoms with van der Waals surface area (Å²) in [5.74, 6) is -3.33. The molecule has 0 fully saturated rings. The first kappa shape index (κ1) is 35.2. The molecule has 0 aliphatic rings. The summed E-state index contributed by atoms with van der Waals surface area (Å²) in [6.45, 7) is 0.213. The molecule has 0 bridgehead atoms. The number of guanidine groups is 2. The highest BCUT2D eigenvalue weighted by molar-refractivity contribution is 6.36. The van der Waals surface area contributed by atoms with Crippen LogP contribution < -0.4 is 28.7 Å². The highest BCUT2D eigenvalue weighted by Gasteiger charge is 2.41. The number of nitrogens with two attached hydrogens (primary N) is 5. The number of unbranched alkanes of at least 4 members (excludes halogenated alkanes) is 2. The van der Waals surface area contributed by atoms with Crippen LogP contribution in [0, 0.1) is 0 Å². The summed E-state index contributed by atoms with van der Waals surface area (Å²) < 4.78 is 10.7. The Kier molecular flexibility index (Phi) is 15.4. The van der Waals surface area contributed by atoms with Crippen molar-refractivity contribution in [2.75, 3.05) is 13.1 Å². The van der Waals surface area contributed by atoms with E-state index in [1.165, 1.54) is 0 Å². The van der Waals surface area contributed by atoms with Crippen molar-refractivity contribution in [1.29, 1.82) is 0 Å². The number of carbonyl (C=O) groups is 4. The Hall–Kier alpha value is -4.98. The van der Waals surface area contributed by atoms with E-state index in [9.17, 15) is 19.2 Å². The molecule has 0 aliphatic heterocycles. The maximum Gasteiger partial charge on any atom is 0.417 e. The molecule has 2 rings (SSSR count). The van der Waals surface area contributed by atoms with Gasteiger partial charge in [0.05, 0.1) is 6.04 Å². The number of benzene rings is 2. The quantitative estimate of drug-likeness (QED) is 0.0525. The van der Waals surface area contributed by atoms with Gasteiger partial charge in [-0.05, 0) is 49.7 Å². The first-order valence-corrected chi connectivity index (χ1v) is 14.2. The number of amides is 2. The normalized spacial score (nSPS) is 11.8. The molecule has 0 unspecified atom stereocenters. The van der Waals surface area contributed by atoms with Crippen LogP contribution in [-0.2, 0) is 37.1 Å². The van der Waals surface area contributed by atoms with Crippen molar-refractivity contribution < 1.29 is 28.7 Å². The number of Topliss-reactive ketones (excluding diaryl/α,β-unsaturated/α-hetero) is 1. The van der Waals surface area contributed by atoms with Crippen LogP contribution in [-0.4, -0.2) is 65.7 Å². The summed E-state index contributed by atoms with van der Waals surface area (Å²) in [4.78, 5) is 62.0. The number of nitrogens with zero attached hydrogens (tertiary/aromatic N) is 3. The highest BCUT2D eigenvalue weighted by atomic mass is 16.6. The summed E-state index contributed by atoms with van der Waals surface area (Å²) in [7, 11) is 0. The average Bonchev–Trinajstić information content (AvgIpc) is 3.01. The Balaban J connectivity index is 2.29. The number of aliphatic imine (C=N–C) groups is 2. The van der Waals surface area contributed by atoms with E-state index in [2.05, 4.69) is 9.98 Å². The van der Waals surface area contributed by atoms with Gasteiger partial charge in [0.15, 0.2) is 11.9 Å². The molecule has 44 heavy (non-hydrogen) atoms. The minimum absolute atomic E-state index is 0.0574. The maximum absolute atomic E-state index is 13.7. The third-order valence-corrected chi connectivity index (χ3v) is 6.38. The lowest BCUT2D eigenvalue weighted by Gasteiger charge is -2.30.